The summed E-state index contributed by atoms with van der Waals surface area (Å²) >= 11 is 1.70. The summed E-state index contributed by atoms with van der Waals surface area (Å²) in [7, 11) is 0. The van der Waals surface area contributed by atoms with Crippen LogP contribution in [0.15, 0.2) is 53.5 Å². The van der Waals surface area contributed by atoms with Crippen LogP contribution in [0, 0.1) is 0 Å². The second-order valence-electron chi connectivity index (χ2n) is 6.06. The fraction of sp³-hybridized carbons (Fsp3) is 0.200. The number of carbonyl (C=O) groups excluding carboxylic acids is 1. The minimum atomic E-state index is 0.347. The minimum Gasteiger partial charge on any atom is -0.493 e. The molecule has 0 saturated carbocycles. The molecule has 0 amide bonds. The molecule has 0 saturated heterocycles. The highest BCUT2D eigenvalue weighted by Crippen LogP contribution is 2.37. The second-order valence-corrected chi connectivity index (χ2v) is 6.84. The lowest BCUT2D eigenvalue weighted by molar-refractivity contribution is 0.112. The Morgan fingerprint density at radius 1 is 1.28 bits per heavy atom. The van der Waals surface area contributed by atoms with E-state index in [4.69, 9.17) is 4.74 Å². The second kappa shape index (κ2) is 7.07. The maximum atomic E-state index is 11.1. The molecule has 0 radical (unpaired) electrons. The lowest BCUT2D eigenvalue weighted by atomic mass is 9.91. The Morgan fingerprint density at radius 3 is 3.08 bits per heavy atom. The highest BCUT2D eigenvalue weighted by molar-refractivity contribution is 7.08. The predicted molar refractivity (Wildman–Crippen MR) is 101 cm³/mol. The van der Waals surface area contributed by atoms with E-state index in [1.165, 1.54) is 16.7 Å². The van der Waals surface area contributed by atoms with E-state index in [9.17, 15) is 4.79 Å². The lowest BCUT2D eigenvalue weighted by Gasteiger charge is -2.27. The standard InChI is InChI=1S/C20H18N2O2S/c23-12-16-3-6-21-11-19(16)22-10-15-4-7-24-20-9-14(1-2-18(15)20)17-5-8-25-13-17/h1-3,5-6,8-9,11-13,15,22H,4,7,10H2/t15-/m1/s1. The van der Waals surface area contributed by atoms with Crippen molar-refractivity contribution in [3.05, 3.63) is 64.6 Å². The maximum Gasteiger partial charge on any atom is 0.152 e. The first kappa shape index (κ1) is 15.8. The van der Waals surface area contributed by atoms with Gasteiger partial charge < -0.3 is 10.1 Å². The molecule has 0 fully saturated rings. The molecule has 126 valence electrons. The van der Waals surface area contributed by atoms with Crippen molar-refractivity contribution in [2.45, 2.75) is 12.3 Å². The van der Waals surface area contributed by atoms with Crippen LogP contribution in [0.4, 0.5) is 5.69 Å². The van der Waals surface area contributed by atoms with Gasteiger partial charge in [0.25, 0.3) is 0 Å². The molecule has 1 aliphatic rings. The molecular weight excluding hydrogens is 332 g/mol. The predicted octanol–water partition coefficient (Wildman–Crippen LogP) is 4.60. The molecule has 2 aromatic heterocycles. The molecule has 5 heteroatoms. The van der Waals surface area contributed by atoms with Gasteiger partial charge in [-0.1, -0.05) is 12.1 Å². The fourth-order valence-corrected chi connectivity index (χ4v) is 3.84. The number of carbonyl (C=O) groups is 1. The van der Waals surface area contributed by atoms with Gasteiger partial charge in [-0.3, -0.25) is 9.78 Å². The molecule has 1 N–H and O–H groups in total. The van der Waals surface area contributed by atoms with Gasteiger partial charge in [-0.15, -0.1) is 0 Å². The summed E-state index contributed by atoms with van der Waals surface area (Å²) in [5.41, 5.74) is 5.04. The first-order chi connectivity index (χ1) is 12.3. The maximum absolute atomic E-state index is 11.1. The number of rotatable bonds is 5. The number of pyridine rings is 1. The van der Waals surface area contributed by atoms with Crippen LogP contribution in [0.2, 0.25) is 0 Å². The van der Waals surface area contributed by atoms with Crippen molar-refractivity contribution < 1.29 is 9.53 Å². The zero-order chi connectivity index (χ0) is 17.1. The van der Waals surface area contributed by atoms with Gasteiger partial charge in [0.05, 0.1) is 18.5 Å². The molecule has 3 aromatic rings. The number of aromatic nitrogens is 1. The summed E-state index contributed by atoms with van der Waals surface area (Å²) in [5, 5.41) is 7.60. The number of nitrogens with one attached hydrogen (secondary N) is 1. The van der Waals surface area contributed by atoms with E-state index in [1.54, 1.807) is 29.8 Å². The van der Waals surface area contributed by atoms with Crippen LogP contribution in [-0.4, -0.2) is 24.4 Å². The molecule has 4 nitrogen and oxygen atoms in total. The smallest absolute Gasteiger partial charge is 0.152 e. The monoisotopic (exact) mass is 350 g/mol. The molecule has 0 spiro atoms. The number of hydrogen-bond acceptors (Lipinski definition) is 5. The van der Waals surface area contributed by atoms with E-state index in [2.05, 4.69) is 45.3 Å². The Hall–Kier alpha value is -2.66. The average Bonchev–Trinajstić information content (AvgIpc) is 3.21. The van der Waals surface area contributed by atoms with E-state index in [0.29, 0.717) is 18.1 Å². The molecule has 0 aliphatic carbocycles. The van der Waals surface area contributed by atoms with E-state index in [-0.39, 0.29) is 0 Å². The third-order valence-electron chi connectivity index (χ3n) is 4.55. The van der Waals surface area contributed by atoms with Gasteiger partial charge in [0, 0.05) is 24.2 Å². The van der Waals surface area contributed by atoms with Gasteiger partial charge in [-0.25, -0.2) is 0 Å². The highest BCUT2D eigenvalue weighted by Gasteiger charge is 2.22. The van der Waals surface area contributed by atoms with Crippen LogP contribution in [-0.2, 0) is 0 Å². The van der Waals surface area contributed by atoms with Crippen molar-refractivity contribution in [3.8, 4) is 16.9 Å². The lowest BCUT2D eigenvalue weighted by Crippen LogP contribution is -2.21. The largest absolute Gasteiger partial charge is 0.493 e. The van der Waals surface area contributed by atoms with Crippen molar-refractivity contribution in [2.75, 3.05) is 18.5 Å². The molecule has 0 bridgehead atoms. The van der Waals surface area contributed by atoms with Crippen LogP contribution in [0.25, 0.3) is 11.1 Å². The summed E-state index contributed by atoms with van der Waals surface area (Å²) in [4.78, 5) is 15.2. The quantitative estimate of drug-likeness (QED) is 0.683. The van der Waals surface area contributed by atoms with Crippen molar-refractivity contribution in [1.82, 2.24) is 4.98 Å². The summed E-state index contributed by atoms with van der Waals surface area (Å²) in [6.45, 7) is 1.46. The van der Waals surface area contributed by atoms with Gasteiger partial charge in [-0.2, -0.15) is 11.3 Å². The first-order valence-corrected chi connectivity index (χ1v) is 9.22. The van der Waals surface area contributed by atoms with Crippen molar-refractivity contribution in [3.63, 3.8) is 0 Å². The zero-order valence-electron chi connectivity index (χ0n) is 13.6. The van der Waals surface area contributed by atoms with Gasteiger partial charge >= 0.3 is 0 Å². The van der Waals surface area contributed by atoms with Crippen LogP contribution >= 0.6 is 11.3 Å². The van der Waals surface area contributed by atoms with Gasteiger partial charge in [0.1, 0.15) is 5.75 Å². The number of benzene rings is 1. The Balaban J connectivity index is 1.54. The topological polar surface area (TPSA) is 51.2 Å². The number of fused-ring (bicyclic) bond motifs is 1. The summed E-state index contributed by atoms with van der Waals surface area (Å²) < 4.78 is 5.90. The van der Waals surface area contributed by atoms with Gasteiger partial charge in [0.2, 0.25) is 0 Å². The van der Waals surface area contributed by atoms with Crippen LogP contribution in [0.5, 0.6) is 5.75 Å². The summed E-state index contributed by atoms with van der Waals surface area (Å²) in [6.07, 6.45) is 5.14. The minimum absolute atomic E-state index is 0.347. The molecule has 1 aliphatic heterocycles. The number of hydrogen-bond donors (Lipinski definition) is 1. The number of ether oxygens (including phenoxy) is 1. The number of thiophene rings is 1. The fourth-order valence-electron chi connectivity index (χ4n) is 3.17. The van der Waals surface area contributed by atoms with E-state index in [0.717, 1.165) is 30.7 Å². The molecule has 3 heterocycles. The highest BCUT2D eigenvalue weighted by atomic mass is 32.1. The molecule has 25 heavy (non-hydrogen) atoms. The Kier molecular flexibility index (Phi) is 4.48. The molecule has 1 aromatic carbocycles. The van der Waals surface area contributed by atoms with Crippen molar-refractivity contribution in [2.24, 2.45) is 0 Å². The Labute approximate surface area is 150 Å². The summed E-state index contributed by atoms with van der Waals surface area (Å²) in [6, 6.07) is 10.3. The Morgan fingerprint density at radius 2 is 2.24 bits per heavy atom. The third-order valence-corrected chi connectivity index (χ3v) is 5.24. The van der Waals surface area contributed by atoms with Gasteiger partial charge in [0.15, 0.2) is 6.29 Å². The van der Waals surface area contributed by atoms with Gasteiger partial charge in [-0.05, 0) is 52.1 Å². The van der Waals surface area contributed by atoms with Crippen molar-refractivity contribution >= 4 is 23.3 Å². The average molecular weight is 350 g/mol. The van der Waals surface area contributed by atoms with Crippen LogP contribution in [0.1, 0.15) is 28.3 Å². The van der Waals surface area contributed by atoms with Crippen LogP contribution < -0.4 is 10.1 Å². The SMILES string of the molecule is O=Cc1ccncc1NC[C@H]1CCOc2cc(-c3ccsc3)ccc21. The molecular formula is C20H18N2O2S. The normalized spacial score (nSPS) is 15.9. The zero-order valence-corrected chi connectivity index (χ0v) is 14.5. The molecule has 1 atom stereocenters. The van der Waals surface area contributed by atoms with Crippen LogP contribution in [0.3, 0.4) is 0 Å². The van der Waals surface area contributed by atoms with E-state index in [1.807, 2.05) is 0 Å². The molecule has 0 unspecified atom stereocenters. The van der Waals surface area contributed by atoms with E-state index >= 15 is 0 Å². The third kappa shape index (κ3) is 3.28. The van der Waals surface area contributed by atoms with Crippen molar-refractivity contribution in [1.29, 1.82) is 0 Å². The van der Waals surface area contributed by atoms with E-state index < -0.39 is 0 Å². The number of aldehydes is 1. The Bertz CT molecular complexity index is 877. The first-order valence-electron chi connectivity index (χ1n) is 8.27. The number of nitrogens with zero attached hydrogens (tertiary/aromatic N) is 1. The number of anilines is 1. The molecule has 4 rings (SSSR count). The summed E-state index contributed by atoms with van der Waals surface area (Å²) in [5.74, 6) is 1.31.